The second-order valence-electron chi connectivity index (χ2n) is 41.8. The lowest BCUT2D eigenvalue weighted by Crippen LogP contribution is -2.52. The minimum atomic E-state index is -3.84. The summed E-state index contributed by atoms with van der Waals surface area (Å²) in [6.07, 6.45) is 18.9. The zero-order chi connectivity index (χ0) is 105. The van der Waals surface area contributed by atoms with Crippen molar-refractivity contribution in [3.63, 3.8) is 0 Å². The number of ether oxygens (including phenoxy) is 8. The number of carbonyl (C=O) groups excluding carboxylic acids is 3. The highest BCUT2D eigenvalue weighted by Gasteiger charge is 2.49. The summed E-state index contributed by atoms with van der Waals surface area (Å²) in [5, 5.41) is 56.3. The molecule has 12 aromatic rings. The number of hydrogen-bond donors (Lipinski definition) is 12. The first kappa shape index (κ1) is 111. The fraction of sp³-hybridized carbons (Fsp3) is 0.535. The normalized spacial score (nSPS) is 24.0. The van der Waals surface area contributed by atoms with Gasteiger partial charge in [0.1, 0.15) is 74.5 Å². The standard InChI is InChI=1S/C32H37FN6O5.C26H28FN7O3.C19H23FN4O5S2.C12H24N2O2.C8H10N2O3.C2H4O2.2CH4/c1-15-6-17-7-16(15)8-22(17)27-25-23-9-18(33)10-24(39(5)31(41)44-32(2,3)4)26(23)36-28(25)38-30(37-27)43-21-13-34-29(35-14-21)42-20-11-19(40)12-20;1-29-20-6-13(27)5-18-21-23(17-3-12-2-11(17)4-19(12)28)33-26(34-24(21)32-22(18)20)37-16-9-30-25(31-10-16)36-15-7-14(35)8-15;1-19(2,3)29-18(25)24(4)12-9-10(20)8-11-13-15(21-14(11)12)22-17(31(7,27)28)23-16(13)30(5,6)26;1-8-7-13-9(2)6-10(8)14-11(15)16-12(3,4)5;11-5-1-7(2-5)13-8-9-3-6(12)4-10-8;1-2(3)4;;/h9-10,13-17,19-20,22,40H,6-8,11-12H2,1-5H3,(H,36,37,38);5-6,9-12,14-15,17,19,29,35H,2-4,7-8,28H2,1H3,(H,32,33,34);8-9H,5H2,1-4,6-7H3,(H,21,22,23);8-10,13H,6-7H2,1-5H3,(H,14,15);3-5,7,11-12H,1-2H2;1H3,(H,3,4);2*1H4/t15-,16-,17+,19?,20?,22?;11-,12-,14?,15?,17?,19-;;8-,9-,10-;;;;/m00.1..../s1. The number of carbonyl (C=O) groups is 4. The van der Waals surface area contributed by atoms with E-state index in [9.17, 15) is 46.0 Å². The number of nitrogens with one attached hydrogen (secondary N) is 6. The average molecular weight is 2080 g/mol. The molecule has 1 aliphatic heterocycles. The molecule has 41 nitrogen and oxygen atoms in total. The average Bonchev–Trinajstić information content (AvgIpc) is 1.57. The summed E-state index contributed by atoms with van der Waals surface area (Å²) in [4.78, 5) is 110. The van der Waals surface area contributed by atoms with Gasteiger partial charge in [0.2, 0.25) is 15.0 Å². The fourth-order valence-electron chi connectivity index (χ4n) is 19.4. The summed E-state index contributed by atoms with van der Waals surface area (Å²) in [6.45, 7) is 24.7. The topological polar surface area (TPSA) is 565 Å². The van der Waals surface area contributed by atoms with Crippen LogP contribution >= 0.6 is 0 Å². The largest absolute Gasteiger partial charge is 0.505 e. The number of nitrogens with zero attached hydrogens (tertiary/aromatic N) is 14. The second-order valence-corrected chi connectivity index (χ2v) is 46.2. The van der Waals surface area contributed by atoms with Crippen molar-refractivity contribution in [3.8, 4) is 47.3 Å². The highest BCUT2D eigenvalue weighted by atomic mass is 32.2. The van der Waals surface area contributed by atoms with Gasteiger partial charge in [0, 0.05) is 146 Å². The van der Waals surface area contributed by atoms with E-state index < -0.39 is 71.1 Å². The van der Waals surface area contributed by atoms with Crippen molar-refractivity contribution in [3.05, 3.63) is 102 Å². The quantitative estimate of drug-likeness (QED) is 0.0164. The van der Waals surface area contributed by atoms with E-state index in [-0.39, 0.29) is 156 Å². The lowest BCUT2D eigenvalue weighted by Gasteiger charge is -2.34. The van der Waals surface area contributed by atoms with E-state index >= 15 is 4.39 Å². The summed E-state index contributed by atoms with van der Waals surface area (Å²) in [6, 6.07) is 9.96. The predicted molar refractivity (Wildman–Crippen MR) is 548 cm³/mol. The molecule has 0 radical (unpaired) electrons. The van der Waals surface area contributed by atoms with Crippen molar-refractivity contribution in [1.29, 1.82) is 0 Å². The van der Waals surface area contributed by atoms with Gasteiger partial charge in [-0.25, -0.2) is 45.9 Å². The van der Waals surface area contributed by atoms with Crippen LogP contribution in [0.5, 0.6) is 47.3 Å². The Labute approximate surface area is 849 Å². The van der Waals surface area contributed by atoms with Crippen molar-refractivity contribution in [2.75, 3.05) is 55.3 Å². The molecule has 46 heteroatoms. The molecule has 796 valence electrons. The van der Waals surface area contributed by atoms with Crippen LogP contribution in [-0.4, -0.2) is 255 Å². The first-order valence-electron chi connectivity index (χ1n) is 48.1. The molecule has 20 rings (SSSR count). The number of anilines is 3. The molecule has 147 heavy (non-hydrogen) atoms. The Morgan fingerprint density at radius 2 is 0.898 bits per heavy atom. The van der Waals surface area contributed by atoms with E-state index in [2.05, 4.69) is 102 Å². The smallest absolute Gasteiger partial charge is 0.414 e. The number of fused-ring (bicyclic) bond motifs is 13. The molecule has 7 aliphatic carbocycles. The molecule has 3 aromatic carbocycles. The zero-order valence-electron chi connectivity index (χ0n) is 84.0. The van der Waals surface area contributed by atoms with E-state index in [1.54, 1.807) is 55.6 Å². The highest BCUT2D eigenvalue weighted by molar-refractivity contribution is 7.99. The Bertz CT molecular complexity index is 7010. The molecule has 12 atom stereocenters. The molecule has 9 aromatic heterocycles. The molecule has 3 amide bonds. The molecule has 8 fully saturated rings. The van der Waals surface area contributed by atoms with Gasteiger partial charge >= 0.3 is 48.3 Å². The Morgan fingerprint density at radius 3 is 1.28 bits per heavy atom. The lowest BCUT2D eigenvalue weighted by atomic mass is 9.80. The second kappa shape index (κ2) is 44.6. The summed E-state index contributed by atoms with van der Waals surface area (Å²) >= 11 is 0. The molecule has 7 saturated carbocycles. The molecule has 0 spiro atoms. The van der Waals surface area contributed by atoms with Gasteiger partial charge in [0.05, 0.1) is 106 Å². The summed E-state index contributed by atoms with van der Waals surface area (Å²) in [7, 11) is -2.13. The third-order valence-corrected chi connectivity index (χ3v) is 28.4. The Hall–Kier alpha value is -13.0. The van der Waals surface area contributed by atoms with Gasteiger partial charge in [0.15, 0.2) is 17.2 Å². The summed E-state index contributed by atoms with van der Waals surface area (Å²) < 4.78 is 126. The molecular weight excluding hydrogens is 1950 g/mol. The van der Waals surface area contributed by atoms with E-state index in [1.165, 1.54) is 85.7 Å². The number of alkyl carbamates (subject to hydrolysis) is 1. The number of sulfone groups is 1. The van der Waals surface area contributed by atoms with Crippen LogP contribution in [-0.2, 0) is 38.4 Å². The minimum absolute atomic E-state index is 0. The Kier molecular flexibility index (Phi) is 33.7. The van der Waals surface area contributed by atoms with Crippen molar-refractivity contribution >= 4 is 132 Å². The van der Waals surface area contributed by atoms with Gasteiger partial charge in [-0.3, -0.25) is 18.8 Å². The van der Waals surface area contributed by atoms with Gasteiger partial charge in [-0.2, -0.15) is 49.8 Å². The van der Waals surface area contributed by atoms with E-state index in [0.29, 0.717) is 125 Å². The number of aliphatic hydroxyl groups excluding tert-OH is 3. The SMILES string of the molecule is C.C.C=S(C)(=O)c1nc(S(C)(=O)=O)nc2[nH]c3c(N(C)C(=O)OC(C)(C)C)cc(F)cc3c12.CC(=O)O.CNc1cc(F)cc2c1[nH]c1nc(Oc3cnc(OC4CC(O)C4)nc3)nc(C3C[C@@H]4C[C@H]3C[C@@H]4N)c12.C[C@@H]1C[C@@H](NC(=O)OC(C)(C)C)[C@H](C)CN1.C[C@H]1C[C@@H]2C[C@H]1CC2c1nc(Oc2cnc(OC3CC(O)C3)nc2)nc2[nH]c3c(N(C)C(=O)OC(C)(C)C)cc(F)cc3c12.Oc1cnc(OC2CC(O)C2)nc1. The Balaban J connectivity index is 0.000000160. The van der Waals surface area contributed by atoms with Crippen LogP contribution in [0, 0.1) is 53.0 Å². The number of hydrogen-bond acceptors (Lipinski definition) is 34. The van der Waals surface area contributed by atoms with Gasteiger partial charge < -0.3 is 100 Å². The predicted octanol–water partition coefficient (Wildman–Crippen LogP) is 15.9. The van der Waals surface area contributed by atoms with Crippen LogP contribution in [0.2, 0.25) is 0 Å². The first-order chi connectivity index (χ1) is 68.1. The number of nitrogens with two attached hydrogens (primary N) is 1. The molecule has 10 heterocycles. The monoisotopic (exact) mass is 2080 g/mol. The number of amides is 3. The Morgan fingerprint density at radius 1 is 0.503 bits per heavy atom. The molecule has 1 saturated heterocycles. The third-order valence-electron chi connectivity index (χ3n) is 26.4. The van der Waals surface area contributed by atoms with Gasteiger partial charge in [-0.15, -0.1) is 0 Å². The number of H-pyrrole nitrogens is 3. The van der Waals surface area contributed by atoms with Crippen LogP contribution < -0.4 is 55.2 Å². The zero-order valence-corrected chi connectivity index (χ0v) is 85.6. The fourth-order valence-corrected chi connectivity index (χ4v) is 20.9. The van der Waals surface area contributed by atoms with Crippen LogP contribution in [0.3, 0.4) is 0 Å². The number of benzene rings is 3. The molecule has 8 aliphatic rings. The number of halogens is 3. The van der Waals surface area contributed by atoms with Crippen molar-refractivity contribution in [2.45, 2.75) is 282 Å². The summed E-state index contributed by atoms with van der Waals surface area (Å²) in [5.74, 6) is 5.48. The van der Waals surface area contributed by atoms with Crippen LogP contribution in [0.4, 0.5) is 44.6 Å². The third kappa shape index (κ3) is 26.9. The summed E-state index contributed by atoms with van der Waals surface area (Å²) in [5.41, 5.74) is 9.94. The molecule has 3 unspecified atom stereocenters. The number of rotatable bonds is 18. The number of aliphatic carboxylic acids is 1. The van der Waals surface area contributed by atoms with Crippen molar-refractivity contribution in [1.82, 2.24) is 85.4 Å². The number of aromatic amines is 3. The van der Waals surface area contributed by atoms with Crippen LogP contribution in [0.1, 0.15) is 212 Å². The number of carboxylic acid groups (broad SMARTS) is 1. The molecule has 13 N–H and O–H groups in total. The van der Waals surface area contributed by atoms with Crippen LogP contribution in [0.25, 0.3) is 65.8 Å². The number of aliphatic hydroxyl groups is 3. The number of aromatic hydroxyl groups is 1. The minimum Gasteiger partial charge on any atom is -0.505 e. The maximum Gasteiger partial charge on any atom is 0.414 e. The number of aromatic nitrogens is 15. The van der Waals surface area contributed by atoms with E-state index in [1.807, 2.05) is 20.8 Å². The molecular formula is C101H134F3N21O20S2. The van der Waals surface area contributed by atoms with E-state index in [4.69, 9.17) is 78.7 Å². The number of piperidine rings is 1. The van der Waals surface area contributed by atoms with Crippen molar-refractivity contribution in [2.24, 2.45) is 41.2 Å². The van der Waals surface area contributed by atoms with Gasteiger partial charge in [0.25, 0.3) is 5.97 Å². The van der Waals surface area contributed by atoms with Crippen molar-refractivity contribution < 1.29 is 108 Å². The maximum atomic E-state index is 15.2. The van der Waals surface area contributed by atoms with Gasteiger partial charge in [-0.05, 0) is 199 Å². The highest BCUT2D eigenvalue weighted by Crippen LogP contribution is 2.58. The molecule has 4 bridgehead atoms. The van der Waals surface area contributed by atoms with Gasteiger partial charge in [-0.1, -0.05) is 28.7 Å². The maximum absolute atomic E-state index is 15.2. The first-order valence-corrected chi connectivity index (χ1v) is 52.1. The van der Waals surface area contributed by atoms with Crippen LogP contribution in [0.15, 0.2) is 83.8 Å². The number of carboxylic acids is 1. The van der Waals surface area contributed by atoms with E-state index in [0.717, 1.165) is 109 Å². The lowest BCUT2D eigenvalue weighted by molar-refractivity contribution is -0.134.